The molecule has 0 bridgehead atoms. The van der Waals surface area contributed by atoms with E-state index in [2.05, 4.69) is 17.9 Å². The number of ether oxygens (including phenoxy) is 1. The van der Waals surface area contributed by atoms with Gasteiger partial charge in [0.05, 0.1) is 0 Å². The molecule has 0 heterocycles. The van der Waals surface area contributed by atoms with Crippen molar-refractivity contribution < 1.29 is 14.3 Å². The quantitative estimate of drug-likeness (QED) is 0.246. The average molecular weight is 166 g/mol. The van der Waals surface area contributed by atoms with E-state index in [0.29, 0.717) is 0 Å². The SMILES string of the molecule is C=CC(=O)OC(=O)C=C.[KH]. The molecular weight excluding hydrogens is 159 g/mol. The fourth-order valence-corrected chi connectivity index (χ4v) is 0.182. The third-order valence-electron chi connectivity index (χ3n) is 0.535. The Morgan fingerprint density at radius 1 is 1.10 bits per heavy atom. The molecule has 0 spiro atoms. The number of carbonyl (C=O) groups is 2. The number of hydrogen-bond donors (Lipinski definition) is 0. The number of hydrogen-bond acceptors (Lipinski definition) is 3. The third kappa shape index (κ3) is 6.38. The van der Waals surface area contributed by atoms with Crippen LogP contribution in [0.5, 0.6) is 0 Å². The van der Waals surface area contributed by atoms with Crippen LogP contribution in [0.15, 0.2) is 25.3 Å². The van der Waals surface area contributed by atoms with E-state index in [1.165, 1.54) is 0 Å². The van der Waals surface area contributed by atoms with Crippen molar-refractivity contribution in [1.29, 1.82) is 0 Å². The molecule has 0 N–H and O–H groups in total. The van der Waals surface area contributed by atoms with Gasteiger partial charge in [0.2, 0.25) is 0 Å². The zero-order chi connectivity index (χ0) is 7.28. The Morgan fingerprint density at radius 3 is 1.60 bits per heavy atom. The predicted molar refractivity (Wildman–Crippen MR) is 38.6 cm³/mol. The van der Waals surface area contributed by atoms with Crippen LogP contribution >= 0.6 is 0 Å². The van der Waals surface area contributed by atoms with Crippen LogP contribution in [0.25, 0.3) is 0 Å². The summed E-state index contributed by atoms with van der Waals surface area (Å²) in [7, 11) is 0. The molecule has 0 amide bonds. The van der Waals surface area contributed by atoms with Crippen molar-refractivity contribution in [2.24, 2.45) is 0 Å². The van der Waals surface area contributed by atoms with Crippen molar-refractivity contribution in [1.82, 2.24) is 0 Å². The van der Waals surface area contributed by atoms with Crippen molar-refractivity contribution in [3.05, 3.63) is 25.3 Å². The van der Waals surface area contributed by atoms with E-state index in [1.54, 1.807) is 0 Å². The second kappa shape index (κ2) is 7.36. The maximum atomic E-state index is 10.2. The molecule has 0 aromatic carbocycles. The van der Waals surface area contributed by atoms with Crippen LogP contribution in [0.4, 0.5) is 0 Å². The van der Waals surface area contributed by atoms with Crippen molar-refractivity contribution in [3.8, 4) is 0 Å². The van der Waals surface area contributed by atoms with Crippen molar-refractivity contribution >= 4 is 63.3 Å². The van der Waals surface area contributed by atoms with Crippen LogP contribution in [0.3, 0.4) is 0 Å². The van der Waals surface area contributed by atoms with Crippen LogP contribution in [0.2, 0.25) is 0 Å². The summed E-state index contributed by atoms with van der Waals surface area (Å²) >= 11 is 0. The van der Waals surface area contributed by atoms with E-state index < -0.39 is 11.9 Å². The molecule has 0 radical (unpaired) electrons. The molecule has 50 valence electrons. The van der Waals surface area contributed by atoms with E-state index in [-0.39, 0.29) is 51.4 Å². The first kappa shape index (κ1) is 12.9. The van der Waals surface area contributed by atoms with E-state index in [9.17, 15) is 9.59 Å². The summed E-state index contributed by atoms with van der Waals surface area (Å²) in [5.41, 5.74) is 0. The van der Waals surface area contributed by atoms with E-state index in [1.807, 2.05) is 0 Å². The van der Waals surface area contributed by atoms with Crippen LogP contribution in [-0.2, 0) is 14.3 Å². The minimum absolute atomic E-state index is 0. The molecule has 0 saturated heterocycles. The third-order valence-corrected chi connectivity index (χ3v) is 0.535. The van der Waals surface area contributed by atoms with Crippen LogP contribution in [-0.4, -0.2) is 63.3 Å². The van der Waals surface area contributed by atoms with Crippen LogP contribution in [0.1, 0.15) is 0 Å². The molecule has 0 rings (SSSR count). The zero-order valence-corrected chi connectivity index (χ0v) is 4.79. The first-order chi connectivity index (χ1) is 4.20. The summed E-state index contributed by atoms with van der Waals surface area (Å²) in [5, 5.41) is 0. The first-order valence-corrected chi connectivity index (χ1v) is 2.21. The van der Waals surface area contributed by atoms with Gasteiger partial charge < -0.3 is 4.74 Å². The van der Waals surface area contributed by atoms with Crippen LogP contribution in [0, 0.1) is 0 Å². The van der Waals surface area contributed by atoms with Gasteiger partial charge in [0.15, 0.2) is 0 Å². The molecule has 10 heavy (non-hydrogen) atoms. The van der Waals surface area contributed by atoms with E-state index in [0.717, 1.165) is 12.2 Å². The van der Waals surface area contributed by atoms with Crippen molar-refractivity contribution in [2.45, 2.75) is 0 Å². The summed E-state index contributed by atoms with van der Waals surface area (Å²) in [6, 6.07) is 0. The molecule has 3 nitrogen and oxygen atoms in total. The number of carbonyl (C=O) groups excluding carboxylic acids is 2. The van der Waals surface area contributed by atoms with Gasteiger partial charge in [-0.25, -0.2) is 9.59 Å². The molecule has 0 aromatic heterocycles. The van der Waals surface area contributed by atoms with Crippen molar-refractivity contribution in [3.63, 3.8) is 0 Å². The summed E-state index contributed by atoms with van der Waals surface area (Å²) in [4.78, 5) is 20.3. The Bertz CT molecular complexity index is 144. The van der Waals surface area contributed by atoms with Crippen LogP contribution < -0.4 is 0 Å². The molecule has 0 fully saturated rings. The second-order valence-electron chi connectivity index (χ2n) is 1.15. The van der Waals surface area contributed by atoms with Gasteiger partial charge in [0, 0.05) is 12.2 Å². The normalized spacial score (nSPS) is 6.80. The predicted octanol–water partition coefficient (Wildman–Crippen LogP) is -0.220. The van der Waals surface area contributed by atoms with Gasteiger partial charge in [-0.15, -0.1) is 0 Å². The van der Waals surface area contributed by atoms with Crippen molar-refractivity contribution in [2.75, 3.05) is 0 Å². The summed E-state index contributed by atoms with van der Waals surface area (Å²) in [6.45, 7) is 6.17. The molecule has 0 aromatic rings. The molecule has 0 saturated carbocycles. The Kier molecular flexibility index (Phi) is 9.49. The maximum absolute atomic E-state index is 10.2. The zero-order valence-electron chi connectivity index (χ0n) is 4.79. The topological polar surface area (TPSA) is 43.4 Å². The van der Waals surface area contributed by atoms with Gasteiger partial charge in [-0.2, -0.15) is 0 Å². The Hall–Kier alpha value is 0.256. The second-order valence-corrected chi connectivity index (χ2v) is 1.15. The summed E-state index contributed by atoms with van der Waals surface area (Å²) in [5.74, 6) is -1.53. The Balaban J connectivity index is 0. The molecule has 0 atom stereocenters. The monoisotopic (exact) mass is 166 g/mol. The van der Waals surface area contributed by atoms with Gasteiger partial charge in [-0.05, 0) is 0 Å². The first-order valence-electron chi connectivity index (χ1n) is 2.21. The Morgan fingerprint density at radius 2 is 1.40 bits per heavy atom. The van der Waals surface area contributed by atoms with Gasteiger partial charge >= 0.3 is 63.3 Å². The van der Waals surface area contributed by atoms with Gasteiger partial charge in [0.1, 0.15) is 0 Å². The molecule has 0 aliphatic heterocycles. The number of esters is 2. The molecule has 4 heteroatoms. The number of rotatable bonds is 2. The molecule has 0 aliphatic carbocycles. The average Bonchev–Trinajstić information content (AvgIpc) is 1.87. The molecule has 0 aliphatic rings. The summed E-state index contributed by atoms with van der Waals surface area (Å²) in [6.07, 6.45) is 1.81. The van der Waals surface area contributed by atoms with E-state index in [4.69, 9.17) is 0 Å². The fraction of sp³-hybridized carbons (Fsp3) is 0. The summed E-state index contributed by atoms with van der Waals surface area (Å²) < 4.78 is 4.03. The molecular formula is C6H7KO3. The Labute approximate surface area is 102 Å². The fourth-order valence-electron chi connectivity index (χ4n) is 0.182. The minimum atomic E-state index is -0.764. The van der Waals surface area contributed by atoms with Gasteiger partial charge in [0.25, 0.3) is 0 Å². The standard InChI is InChI=1S/C6H6O3.K.H/c1-3-5(7)9-6(8)4-2;;/h3-4H,1-2H2;;. The van der Waals surface area contributed by atoms with E-state index >= 15 is 0 Å². The van der Waals surface area contributed by atoms with Gasteiger partial charge in [-0.3, -0.25) is 0 Å². The molecule has 0 unspecified atom stereocenters. The van der Waals surface area contributed by atoms with Gasteiger partial charge in [-0.1, -0.05) is 13.2 Å².